The van der Waals surface area contributed by atoms with Gasteiger partial charge in [0, 0.05) is 23.9 Å². The van der Waals surface area contributed by atoms with E-state index in [1.165, 1.54) is 16.2 Å². The van der Waals surface area contributed by atoms with Crippen molar-refractivity contribution < 1.29 is 9.59 Å². The molecule has 15 heavy (non-hydrogen) atoms. The minimum absolute atomic E-state index is 0.143. The summed E-state index contributed by atoms with van der Waals surface area (Å²) >= 11 is 1.52. The zero-order valence-electron chi connectivity index (χ0n) is 8.18. The number of hydrogen-bond acceptors (Lipinski definition) is 4. The van der Waals surface area contributed by atoms with E-state index >= 15 is 0 Å². The Balaban J connectivity index is 2.00. The van der Waals surface area contributed by atoms with E-state index in [0.717, 1.165) is 4.88 Å². The number of thiophene rings is 1. The van der Waals surface area contributed by atoms with Crippen molar-refractivity contribution >= 4 is 23.2 Å². The molecular formula is C10H12N2O2S. The molecule has 80 valence electrons. The van der Waals surface area contributed by atoms with Crippen LogP contribution in [0.2, 0.25) is 0 Å². The van der Waals surface area contributed by atoms with Gasteiger partial charge in [-0.25, -0.2) is 0 Å². The number of likely N-dealkylation sites (tertiary alicyclic amines) is 1. The molecule has 0 saturated carbocycles. The molecule has 1 atom stereocenters. The predicted molar refractivity (Wildman–Crippen MR) is 57.3 cm³/mol. The summed E-state index contributed by atoms with van der Waals surface area (Å²) in [6.45, 7) is 0.364. The number of nitrogens with zero attached hydrogens (tertiary/aromatic N) is 1. The second kappa shape index (κ2) is 4.12. The molecule has 2 rings (SSSR count). The quantitative estimate of drug-likeness (QED) is 0.789. The zero-order valence-corrected chi connectivity index (χ0v) is 9.00. The molecule has 0 aliphatic carbocycles. The van der Waals surface area contributed by atoms with E-state index in [9.17, 15) is 9.59 Å². The third-order valence-corrected chi connectivity index (χ3v) is 3.24. The summed E-state index contributed by atoms with van der Waals surface area (Å²) in [5.41, 5.74) is 5.61. The average Bonchev–Trinajstić information content (AvgIpc) is 2.75. The van der Waals surface area contributed by atoms with Crippen LogP contribution in [0.3, 0.4) is 0 Å². The molecule has 1 aliphatic rings. The fourth-order valence-electron chi connectivity index (χ4n) is 1.63. The van der Waals surface area contributed by atoms with E-state index in [-0.39, 0.29) is 24.3 Å². The number of carbonyl (C=O) groups excluding carboxylic acids is 2. The molecular weight excluding hydrogens is 212 g/mol. The number of imide groups is 1. The van der Waals surface area contributed by atoms with E-state index in [1.807, 2.05) is 17.5 Å². The van der Waals surface area contributed by atoms with Gasteiger partial charge in [0.2, 0.25) is 11.8 Å². The molecule has 1 aromatic heterocycles. The smallest absolute Gasteiger partial charge is 0.234 e. The highest BCUT2D eigenvalue weighted by Crippen LogP contribution is 2.14. The third kappa shape index (κ3) is 2.24. The molecule has 2 N–H and O–H groups in total. The first-order valence-corrected chi connectivity index (χ1v) is 5.66. The van der Waals surface area contributed by atoms with E-state index < -0.39 is 0 Å². The summed E-state index contributed by atoms with van der Waals surface area (Å²) in [6.07, 6.45) is 0.590. The van der Waals surface area contributed by atoms with Crippen LogP contribution in [0.4, 0.5) is 0 Å². The van der Waals surface area contributed by atoms with Crippen LogP contribution in [0.5, 0.6) is 0 Å². The van der Waals surface area contributed by atoms with E-state index in [4.69, 9.17) is 5.73 Å². The topological polar surface area (TPSA) is 63.4 Å². The molecule has 2 amide bonds. The fraction of sp³-hybridized carbons (Fsp3) is 0.400. The van der Waals surface area contributed by atoms with Gasteiger partial charge in [-0.3, -0.25) is 14.5 Å². The van der Waals surface area contributed by atoms with Gasteiger partial charge in [0.05, 0.1) is 6.42 Å². The molecule has 0 aromatic carbocycles. The Labute approximate surface area is 91.7 Å². The largest absolute Gasteiger partial charge is 0.326 e. The summed E-state index contributed by atoms with van der Waals surface area (Å²) in [5, 5.41) is 1.92. The summed E-state index contributed by atoms with van der Waals surface area (Å²) in [4.78, 5) is 25.4. The standard InChI is InChI=1S/C10H12N2O2S/c11-7-4-9(13)12(6-7)10(14)5-8-2-1-3-15-8/h1-3,7H,4-6,11H2. The Kier molecular flexibility index (Phi) is 2.83. The van der Waals surface area contributed by atoms with Crippen molar-refractivity contribution in [1.29, 1.82) is 0 Å². The molecule has 0 bridgehead atoms. The molecule has 0 spiro atoms. The molecule has 1 unspecified atom stereocenters. The maximum atomic E-state index is 11.7. The van der Waals surface area contributed by atoms with E-state index in [2.05, 4.69) is 0 Å². The fourth-order valence-corrected chi connectivity index (χ4v) is 2.33. The second-order valence-electron chi connectivity index (χ2n) is 3.62. The molecule has 0 radical (unpaired) electrons. The van der Waals surface area contributed by atoms with Crippen molar-refractivity contribution in [1.82, 2.24) is 4.90 Å². The summed E-state index contributed by atoms with van der Waals surface area (Å²) in [5.74, 6) is -0.292. The third-order valence-electron chi connectivity index (χ3n) is 2.36. The predicted octanol–water partition coefficient (Wildman–Crippen LogP) is 0.377. The second-order valence-corrected chi connectivity index (χ2v) is 4.65. The first kappa shape index (κ1) is 10.3. The van der Waals surface area contributed by atoms with Gasteiger partial charge in [-0.1, -0.05) is 6.07 Å². The van der Waals surface area contributed by atoms with Crippen molar-refractivity contribution in [2.45, 2.75) is 18.9 Å². The highest BCUT2D eigenvalue weighted by Gasteiger charge is 2.31. The molecule has 5 heteroatoms. The minimum Gasteiger partial charge on any atom is -0.326 e. The molecule has 1 aromatic rings. The Bertz CT molecular complexity index is 375. The van der Waals surface area contributed by atoms with Gasteiger partial charge in [0.15, 0.2) is 0 Å². The van der Waals surface area contributed by atoms with Crippen LogP contribution >= 0.6 is 11.3 Å². The molecule has 4 nitrogen and oxygen atoms in total. The Hall–Kier alpha value is -1.20. The maximum Gasteiger partial charge on any atom is 0.234 e. The van der Waals surface area contributed by atoms with E-state index in [1.54, 1.807) is 0 Å². The molecule has 1 aliphatic heterocycles. The lowest BCUT2D eigenvalue weighted by atomic mass is 10.3. The maximum absolute atomic E-state index is 11.7. The monoisotopic (exact) mass is 224 g/mol. The van der Waals surface area contributed by atoms with Crippen molar-refractivity contribution in [2.24, 2.45) is 5.73 Å². The number of hydrogen-bond donors (Lipinski definition) is 1. The van der Waals surface area contributed by atoms with Crippen molar-refractivity contribution in [3.05, 3.63) is 22.4 Å². The Morgan fingerprint density at radius 2 is 2.47 bits per heavy atom. The first-order valence-electron chi connectivity index (χ1n) is 4.78. The number of rotatable bonds is 2. The average molecular weight is 224 g/mol. The summed E-state index contributed by atoms with van der Waals surface area (Å²) < 4.78 is 0. The van der Waals surface area contributed by atoms with Gasteiger partial charge in [-0.05, 0) is 11.4 Å². The van der Waals surface area contributed by atoms with Crippen LogP contribution < -0.4 is 5.73 Å². The van der Waals surface area contributed by atoms with Crippen molar-refractivity contribution in [3.8, 4) is 0 Å². The SMILES string of the molecule is NC1CC(=O)N(C(=O)Cc2cccs2)C1. The van der Waals surface area contributed by atoms with Crippen LogP contribution in [0.25, 0.3) is 0 Å². The van der Waals surface area contributed by atoms with Gasteiger partial charge >= 0.3 is 0 Å². The van der Waals surface area contributed by atoms with Gasteiger partial charge in [0.25, 0.3) is 0 Å². The van der Waals surface area contributed by atoms with Crippen molar-refractivity contribution in [3.63, 3.8) is 0 Å². The lowest BCUT2D eigenvalue weighted by Crippen LogP contribution is -2.35. The number of amides is 2. The molecule has 2 heterocycles. The Morgan fingerprint density at radius 1 is 1.67 bits per heavy atom. The minimum atomic E-state index is -0.190. The van der Waals surface area contributed by atoms with Gasteiger partial charge in [-0.2, -0.15) is 0 Å². The lowest BCUT2D eigenvalue weighted by molar-refractivity contribution is -0.141. The molecule has 1 saturated heterocycles. The van der Waals surface area contributed by atoms with E-state index in [0.29, 0.717) is 13.0 Å². The van der Waals surface area contributed by atoms with Gasteiger partial charge < -0.3 is 5.73 Å². The lowest BCUT2D eigenvalue weighted by Gasteiger charge is -2.12. The summed E-state index contributed by atoms with van der Waals surface area (Å²) in [7, 11) is 0. The van der Waals surface area contributed by atoms with Gasteiger partial charge in [-0.15, -0.1) is 11.3 Å². The normalized spacial score (nSPS) is 21.0. The van der Waals surface area contributed by atoms with Crippen LogP contribution in [-0.2, 0) is 16.0 Å². The first-order chi connectivity index (χ1) is 7.16. The van der Waals surface area contributed by atoms with Crippen LogP contribution in [0.15, 0.2) is 17.5 Å². The zero-order chi connectivity index (χ0) is 10.8. The van der Waals surface area contributed by atoms with Gasteiger partial charge in [0.1, 0.15) is 0 Å². The number of nitrogens with two attached hydrogens (primary N) is 1. The highest BCUT2D eigenvalue weighted by molar-refractivity contribution is 7.10. The Morgan fingerprint density at radius 3 is 3.00 bits per heavy atom. The molecule has 1 fully saturated rings. The number of carbonyl (C=O) groups is 2. The summed E-state index contributed by atoms with van der Waals surface area (Å²) in [6, 6.07) is 3.60. The van der Waals surface area contributed by atoms with Crippen LogP contribution in [0.1, 0.15) is 11.3 Å². The highest BCUT2D eigenvalue weighted by atomic mass is 32.1. The van der Waals surface area contributed by atoms with Crippen molar-refractivity contribution in [2.75, 3.05) is 6.54 Å². The van der Waals surface area contributed by atoms with Crippen LogP contribution in [-0.4, -0.2) is 29.3 Å². The van der Waals surface area contributed by atoms with Crippen LogP contribution in [0, 0.1) is 0 Å².